The predicted octanol–water partition coefficient (Wildman–Crippen LogP) is 6.34. The summed E-state index contributed by atoms with van der Waals surface area (Å²) in [5, 5.41) is 0. The highest BCUT2D eigenvalue weighted by Crippen LogP contribution is 2.38. The third kappa shape index (κ3) is 4.33. The van der Waals surface area contributed by atoms with Gasteiger partial charge in [-0.15, -0.1) is 0 Å². The van der Waals surface area contributed by atoms with E-state index in [9.17, 15) is 18.0 Å². The van der Waals surface area contributed by atoms with Gasteiger partial charge in [0, 0.05) is 17.3 Å². The third-order valence-corrected chi connectivity index (χ3v) is 6.07. The number of alkyl halides is 3. The van der Waals surface area contributed by atoms with Crippen LogP contribution in [0.5, 0.6) is 11.6 Å². The smallest absolute Gasteiger partial charge is 0.416 e. The van der Waals surface area contributed by atoms with Crippen molar-refractivity contribution in [2.24, 2.45) is 0 Å². The third-order valence-electron chi connectivity index (χ3n) is 4.89. The van der Waals surface area contributed by atoms with Crippen molar-refractivity contribution >= 4 is 43.5 Å². The number of fused-ring (bicyclic) bond motifs is 1. The molecule has 1 amide bonds. The van der Waals surface area contributed by atoms with Gasteiger partial charge in [-0.3, -0.25) is 4.79 Å². The fourth-order valence-electron chi connectivity index (χ4n) is 3.38. The van der Waals surface area contributed by atoms with Gasteiger partial charge < -0.3 is 14.4 Å². The maximum Gasteiger partial charge on any atom is 0.416 e. The molecule has 0 radical (unpaired) electrons. The molecule has 1 aliphatic heterocycles. The molecule has 10 heteroatoms. The van der Waals surface area contributed by atoms with E-state index in [0.29, 0.717) is 37.1 Å². The first-order valence-corrected chi connectivity index (χ1v) is 10.9. The SMILES string of the molecule is COc1c(Br)cc(C(=O)N2CCOc3ncc(-c4cccc(C(F)(F)F)c4)cc32)cc1Br. The standard InChI is InChI=1S/C22H15Br2F3N2O3/c1-31-19-16(23)8-13(9-17(19)24)21(30)29-5-6-32-20-18(29)10-14(11-28-20)12-3-2-4-15(7-12)22(25,26)27/h2-4,7-11H,5-6H2,1H3. The maximum absolute atomic E-state index is 13.3. The first kappa shape index (κ1) is 22.6. The van der Waals surface area contributed by atoms with Crippen LogP contribution in [-0.2, 0) is 6.18 Å². The van der Waals surface area contributed by atoms with E-state index in [4.69, 9.17) is 9.47 Å². The van der Waals surface area contributed by atoms with Gasteiger partial charge in [-0.2, -0.15) is 13.2 Å². The molecule has 32 heavy (non-hydrogen) atoms. The van der Waals surface area contributed by atoms with Crippen molar-refractivity contribution in [3.63, 3.8) is 0 Å². The van der Waals surface area contributed by atoms with Crippen LogP contribution in [0.15, 0.2) is 57.6 Å². The van der Waals surface area contributed by atoms with E-state index in [1.54, 1.807) is 24.3 Å². The molecule has 166 valence electrons. The lowest BCUT2D eigenvalue weighted by atomic mass is 10.0. The van der Waals surface area contributed by atoms with Crippen LogP contribution in [0.25, 0.3) is 11.1 Å². The van der Waals surface area contributed by atoms with Crippen molar-refractivity contribution in [2.75, 3.05) is 25.2 Å². The summed E-state index contributed by atoms with van der Waals surface area (Å²) < 4.78 is 51.4. The molecule has 2 aromatic carbocycles. The molecule has 2 heterocycles. The number of pyridine rings is 1. The summed E-state index contributed by atoms with van der Waals surface area (Å²) in [5.41, 5.74) is 0.796. The average molecular weight is 572 g/mol. The molecule has 0 N–H and O–H groups in total. The highest BCUT2D eigenvalue weighted by Gasteiger charge is 2.31. The molecule has 0 spiro atoms. The Morgan fingerprint density at radius 3 is 2.50 bits per heavy atom. The number of benzene rings is 2. The number of anilines is 1. The Kier molecular flexibility index (Phi) is 6.17. The molecule has 0 bridgehead atoms. The van der Waals surface area contributed by atoms with Gasteiger partial charge in [0.1, 0.15) is 18.0 Å². The number of hydrogen-bond acceptors (Lipinski definition) is 4. The quantitative estimate of drug-likeness (QED) is 0.368. The number of carbonyl (C=O) groups is 1. The van der Waals surface area contributed by atoms with Crippen LogP contribution in [0.3, 0.4) is 0 Å². The van der Waals surface area contributed by atoms with Crippen LogP contribution in [0.1, 0.15) is 15.9 Å². The minimum absolute atomic E-state index is 0.243. The van der Waals surface area contributed by atoms with Crippen molar-refractivity contribution in [1.29, 1.82) is 0 Å². The first-order valence-electron chi connectivity index (χ1n) is 9.34. The highest BCUT2D eigenvalue weighted by atomic mass is 79.9. The summed E-state index contributed by atoms with van der Waals surface area (Å²) in [6, 6.07) is 9.86. The van der Waals surface area contributed by atoms with E-state index in [1.165, 1.54) is 24.3 Å². The van der Waals surface area contributed by atoms with Crippen LogP contribution >= 0.6 is 31.9 Å². The number of ether oxygens (including phenoxy) is 2. The van der Waals surface area contributed by atoms with Gasteiger partial charge in [0.15, 0.2) is 0 Å². The summed E-state index contributed by atoms with van der Waals surface area (Å²) in [6.45, 7) is 0.508. The minimum Gasteiger partial charge on any atom is -0.494 e. The number of rotatable bonds is 3. The summed E-state index contributed by atoms with van der Waals surface area (Å²) >= 11 is 6.78. The highest BCUT2D eigenvalue weighted by molar-refractivity contribution is 9.11. The zero-order valence-corrected chi connectivity index (χ0v) is 19.7. The van der Waals surface area contributed by atoms with Crippen LogP contribution in [0, 0.1) is 0 Å². The second kappa shape index (κ2) is 8.74. The molecular weight excluding hydrogens is 557 g/mol. The van der Waals surface area contributed by atoms with Gasteiger partial charge in [0.2, 0.25) is 5.88 Å². The van der Waals surface area contributed by atoms with E-state index < -0.39 is 11.7 Å². The number of amides is 1. The van der Waals surface area contributed by atoms with Gasteiger partial charge in [-0.1, -0.05) is 12.1 Å². The Bertz CT molecular complexity index is 1180. The Morgan fingerprint density at radius 1 is 1.12 bits per heavy atom. The van der Waals surface area contributed by atoms with Crippen molar-refractivity contribution in [2.45, 2.75) is 6.18 Å². The molecule has 0 unspecified atom stereocenters. The number of nitrogens with zero attached hydrogens (tertiary/aromatic N) is 2. The molecule has 1 aromatic heterocycles. The van der Waals surface area contributed by atoms with E-state index in [-0.39, 0.29) is 24.9 Å². The van der Waals surface area contributed by atoms with Gasteiger partial charge in [0.05, 0.1) is 28.2 Å². The zero-order valence-electron chi connectivity index (χ0n) is 16.5. The second-order valence-corrected chi connectivity index (χ2v) is 8.61. The van der Waals surface area contributed by atoms with E-state index in [0.717, 1.165) is 12.1 Å². The number of hydrogen-bond donors (Lipinski definition) is 0. The van der Waals surface area contributed by atoms with E-state index in [1.807, 2.05) is 0 Å². The Labute approximate surface area is 198 Å². The predicted molar refractivity (Wildman–Crippen MR) is 120 cm³/mol. The minimum atomic E-state index is -4.46. The van der Waals surface area contributed by atoms with Crippen molar-refractivity contribution < 1.29 is 27.4 Å². The van der Waals surface area contributed by atoms with Crippen molar-refractivity contribution in [3.05, 3.63) is 68.7 Å². The van der Waals surface area contributed by atoms with Crippen LogP contribution in [0.2, 0.25) is 0 Å². The zero-order chi connectivity index (χ0) is 23.0. The number of halogens is 5. The second-order valence-electron chi connectivity index (χ2n) is 6.91. The normalized spacial score (nSPS) is 13.4. The number of carbonyl (C=O) groups excluding carboxylic acids is 1. The molecule has 0 aliphatic carbocycles. The topological polar surface area (TPSA) is 51.7 Å². The summed E-state index contributed by atoms with van der Waals surface area (Å²) in [6.07, 6.45) is -3.03. The monoisotopic (exact) mass is 570 g/mol. The molecule has 0 atom stereocenters. The number of aromatic nitrogens is 1. The number of methoxy groups -OCH3 is 1. The van der Waals surface area contributed by atoms with Gasteiger partial charge >= 0.3 is 6.18 Å². The largest absolute Gasteiger partial charge is 0.494 e. The molecular formula is C22H15Br2F3N2O3. The molecule has 5 nitrogen and oxygen atoms in total. The summed E-state index contributed by atoms with van der Waals surface area (Å²) in [5.74, 6) is 0.492. The molecule has 1 aliphatic rings. The first-order chi connectivity index (χ1) is 15.2. The maximum atomic E-state index is 13.3. The fourth-order valence-corrected chi connectivity index (χ4v) is 4.89. The lowest BCUT2D eigenvalue weighted by Crippen LogP contribution is -2.38. The van der Waals surface area contributed by atoms with Crippen molar-refractivity contribution in [3.8, 4) is 22.8 Å². The lowest BCUT2D eigenvalue weighted by Gasteiger charge is -2.29. The molecule has 0 saturated heterocycles. The van der Waals surface area contributed by atoms with Crippen LogP contribution in [0.4, 0.5) is 18.9 Å². The van der Waals surface area contributed by atoms with Gasteiger partial charge in [-0.25, -0.2) is 4.98 Å². The van der Waals surface area contributed by atoms with Crippen molar-refractivity contribution in [1.82, 2.24) is 4.98 Å². The molecule has 0 saturated carbocycles. The van der Waals surface area contributed by atoms with Crippen LogP contribution < -0.4 is 14.4 Å². The molecule has 3 aromatic rings. The summed E-state index contributed by atoms with van der Waals surface area (Å²) in [4.78, 5) is 19.1. The average Bonchev–Trinajstić information content (AvgIpc) is 2.77. The Hall–Kier alpha value is -2.59. The molecule has 0 fully saturated rings. The lowest BCUT2D eigenvalue weighted by molar-refractivity contribution is -0.137. The Balaban J connectivity index is 1.74. The Morgan fingerprint density at radius 2 is 1.84 bits per heavy atom. The van der Waals surface area contributed by atoms with E-state index >= 15 is 0 Å². The van der Waals surface area contributed by atoms with E-state index in [2.05, 4.69) is 36.8 Å². The molecule has 4 rings (SSSR count). The van der Waals surface area contributed by atoms with Gasteiger partial charge in [0.25, 0.3) is 5.91 Å². The summed E-state index contributed by atoms with van der Waals surface area (Å²) in [7, 11) is 1.52. The van der Waals surface area contributed by atoms with Gasteiger partial charge in [-0.05, 0) is 67.8 Å². The fraction of sp³-hybridized carbons (Fsp3) is 0.182. The van der Waals surface area contributed by atoms with Crippen LogP contribution in [-0.4, -0.2) is 31.2 Å².